The molecular weight excluding hydrogens is 248 g/mol. The lowest BCUT2D eigenvalue weighted by atomic mass is 9.97. The lowest BCUT2D eigenvalue weighted by Gasteiger charge is -2.15. The summed E-state index contributed by atoms with van der Waals surface area (Å²) in [6.07, 6.45) is 1.97. The first-order chi connectivity index (χ1) is 9.63. The minimum atomic E-state index is -0.0950. The highest BCUT2D eigenvalue weighted by atomic mass is 16.3. The van der Waals surface area contributed by atoms with E-state index >= 15 is 0 Å². The summed E-state index contributed by atoms with van der Waals surface area (Å²) >= 11 is 0. The van der Waals surface area contributed by atoms with Crippen molar-refractivity contribution in [3.8, 4) is 0 Å². The van der Waals surface area contributed by atoms with Crippen LogP contribution in [0.5, 0.6) is 0 Å². The highest BCUT2D eigenvalue weighted by Gasteiger charge is 2.16. The van der Waals surface area contributed by atoms with Crippen molar-refractivity contribution in [3.05, 3.63) is 59.0 Å². The molecule has 0 bridgehead atoms. The molecule has 20 heavy (non-hydrogen) atoms. The predicted molar refractivity (Wildman–Crippen MR) is 82.2 cm³/mol. The van der Waals surface area contributed by atoms with E-state index in [1.807, 2.05) is 12.1 Å². The molecule has 1 aromatic heterocycles. The Morgan fingerprint density at radius 1 is 1.20 bits per heavy atom. The molecule has 0 amide bonds. The highest BCUT2D eigenvalue weighted by Crippen LogP contribution is 2.25. The van der Waals surface area contributed by atoms with E-state index in [4.69, 9.17) is 10.3 Å². The van der Waals surface area contributed by atoms with Crippen molar-refractivity contribution in [2.45, 2.75) is 39.7 Å². The van der Waals surface area contributed by atoms with Gasteiger partial charge in [-0.2, -0.15) is 0 Å². The molecule has 0 aliphatic heterocycles. The van der Waals surface area contributed by atoms with Gasteiger partial charge in [0.1, 0.15) is 17.6 Å². The molecule has 3 nitrogen and oxygen atoms in total. The maximum Gasteiger partial charge on any atom is 0.126 e. The first-order valence-corrected chi connectivity index (χ1v) is 7.27. The third kappa shape index (κ3) is 3.50. The summed E-state index contributed by atoms with van der Waals surface area (Å²) in [6, 6.07) is 12.5. The molecule has 3 N–H and O–H groups in total. The summed E-state index contributed by atoms with van der Waals surface area (Å²) in [4.78, 5) is 0. The Labute approximate surface area is 121 Å². The summed E-state index contributed by atoms with van der Waals surface area (Å²) in [6.45, 7) is 6.54. The number of hydrogen-bond donors (Lipinski definition) is 2. The fraction of sp³-hybridized carbons (Fsp3) is 0.412. The zero-order valence-corrected chi connectivity index (χ0v) is 12.5. The van der Waals surface area contributed by atoms with E-state index in [-0.39, 0.29) is 6.04 Å². The standard InChI is InChI=1S/C17H24N2O/c1-4-15-8-9-16(20-15)17(19-18)14-7-5-6-13(11-14)10-12(2)3/h5-9,11-12,17,19H,4,10,18H2,1-3H3. The number of hydrazine groups is 1. The van der Waals surface area contributed by atoms with E-state index in [0.29, 0.717) is 5.92 Å². The SMILES string of the molecule is CCc1ccc(C(NN)c2cccc(CC(C)C)c2)o1. The number of furan rings is 1. The van der Waals surface area contributed by atoms with Gasteiger partial charge in [-0.3, -0.25) is 5.84 Å². The Hall–Kier alpha value is -1.58. The van der Waals surface area contributed by atoms with Crippen LogP contribution >= 0.6 is 0 Å². The third-order valence-electron chi connectivity index (χ3n) is 3.41. The van der Waals surface area contributed by atoms with Crippen molar-refractivity contribution >= 4 is 0 Å². The van der Waals surface area contributed by atoms with Gasteiger partial charge in [0.05, 0.1) is 0 Å². The van der Waals surface area contributed by atoms with Crippen molar-refractivity contribution < 1.29 is 4.42 Å². The molecule has 0 spiro atoms. The monoisotopic (exact) mass is 272 g/mol. The Kier molecular flexibility index (Phi) is 4.99. The molecule has 2 rings (SSSR count). The van der Waals surface area contributed by atoms with Gasteiger partial charge in [-0.05, 0) is 35.6 Å². The number of rotatable bonds is 6. The number of aryl methyl sites for hydroxylation is 1. The number of hydrogen-bond acceptors (Lipinski definition) is 3. The van der Waals surface area contributed by atoms with Crippen LogP contribution in [-0.2, 0) is 12.8 Å². The van der Waals surface area contributed by atoms with E-state index < -0.39 is 0 Å². The summed E-state index contributed by atoms with van der Waals surface area (Å²) in [7, 11) is 0. The molecule has 108 valence electrons. The van der Waals surface area contributed by atoms with Crippen LogP contribution in [0, 0.1) is 5.92 Å². The smallest absolute Gasteiger partial charge is 0.126 e. The van der Waals surface area contributed by atoms with Gasteiger partial charge >= 0.3 is 0 Å². The summed E-state index contributed by atoms with van der Waals surface area (Å²) in [5, 5.41) is 0. The van der Waals surface area contributed by atoms with Crippen molar-refractivity contribution in [3.63, 3.8) is 0 Å². The van der Waals surface area contributed by atoms with Gasteiger partial charge in [-0.1, -0.05) is 45.0 Å². The molecule has 3 heteroatoms. The average molecular weight is 272 g/mol. The maximum atomic E-state index is 5.82. The first-order valence-electron chi connectivity index (χ1n) is 7.27. The fourth-order valence-electron chi connectivity index (χ4n) is 2.45. The van der Waals surface area contributed by atoms with Crippen molar-refractivity contribution in [1.82, 2.24) is 5.43 Å². The zero-order valence-electron chi connectivity index (χ0n) is 12.5. The third-order valence-corrected chi connectivity index (χ3v) is 3.41. The van der Waals surface area contributed by atoms with E-state index in [1.165, 1.54) is 5.56 Å². The largest absolute Gasteiger partial charge is 0.464 e. The molecule has 0 fully saturated rings. The zero-order chi connectivity index (χ0) is 14.5. The lowest BCUT2D eigenvalue weighted by molar-refractivity contribution is 0.425. The average Bonchev–Trinajstić information content (AvgIpc) is 2.88. The minimum absolute atomic E-state index is 0.0950. The normalized spacial score (nSPS) is 12.8. The Bertz CT molecular complexity index is 545. The molecule has 1 atom stereocenters. The van der Waals surface area contributed by atoms with E-state index in [9.17, 15) is 0 Å². The topological polar surface area (TPSA) is 51.2 Å². The van der Waals surface area contributed by atoms with Gasteiger partial charge in [0.25, 0.3) is 0 Å². The highest BCUT2D eigenvalue weighted by molar-refractivity contribution is 5.31. The molecule has 1 unspecified atom stereocenters. The van der Waals surface area contributed by atoms with Gasteiger partial charge in [-0.15, -0.1) is 0 Å². The fourth-order valence-corrected chi connectivity index (χ4v) is 2.45. The molecule has 0 aliphatic carbocycles. The quantitative estimate of drug-likeness (QED) is 0.624. The van der Waals surface area contributed by atoms with Gasteiger partial charge < -0.3 is 4.42 Å². The van der Waals surface area contributed by atoms with E-state index in [0.717, 1.165) is 29.9 Å². The van der Waals surface area contributed by atoms with Gasteiger partial charge in [0.2, 0.25) is 0 Å². The van der Waals surface area contributed by atoms with Gasteiger partial charge in [0, 0.05) is 6.42 Å². The second-order valence-electron chi connectivity index (χ2n) is 5.60. The summed E-state index contributed by atoms with van der Waals surface area (Å²) in [5.41, 5.74) is 5.33. The maximum absolute atomic E-state index is 5.82. The molecular formula is C17H24N2O. The van der Waals surface area contributed by atoms with E-state index in [2.05, 4.69) is 50.5 Å². The predicted octanol–water partition coefficient (Wildman–Crippen LogP) is 3.59. The summed E-state index contributed by atoms with van der Waals surface area (Å²) < 4.78 is 5.82. The van der Waals surface area contributed by atoms with Crippen LogP contribution in [0.4, 0.5) is 0 Å². The van der Waals surface area contributed by atoms with E-state index in [1.54, 1.807) is 0 Å². The van der Waals surface area contributed by atoms with Crippen LogP contribution in [0.15, 0.2) is 40.8 Å². The Balaban J connectivity index is 2.26. The Morgan fingerprint density at radius 3 is 2.60 bits per heavy atom. The first kappa shape index (κ1) is 14.8. The molecule has 0 saturated heterocycles. The van der Waals surface area contributed by atoms with Crippen LogP contribution in [0.2, 0.25) is 0 Å². The molecule has 1 aromatic carbocycles. The molecule has 0 saturated carbocycles. The molecule has 1 heterocycles. The van der Waals surface area contributed by atoms with Crippen LogP contribution in [0.25, 0.3) is 0 Å². The number of benzene rings is 1. The summed E-state index contributed by atoms with van der Waals surface area (Å²) in [5.74, 6) is 8.22. The minimum Gasteiger partial charge on any atom is -0.464 e. The van der Waals surface area contributed by atoms with Crippen molar-refractivity contribution in [2.75, 3.05) is 0 Å². The number of nitrogens with one attached hydrogen (secondary N) is 1. The van der Waals surface area contributed by atoms with Crippen LogP contribution in [-0.4, -0.2) is 0 Å². The second kappa shape index (κ2) is 6.73. The number of nitrogens with two attached hydrogens (primary N) is 1. The van der Waals surface area contributed by atoms with Crippen molar-refractivity contribution in [1.29, 1.82) is 0 Å². The van der Waals surface area contributed by atoms with Crippen LogP contribution in [0.3, 0.4) is 0 Å². The van der Waals surface area contributed by atoms with Crippen LogP contribution < -0.4 is 11.3 Å². The molecule has 0 radical (unpaired) electrons. The second-order valence-corrected chi connectivity index (χ2v) is 5.60. The van der Waals surface area contributed by atoms with Gasteiger partial charge in [0.15, 0.2) is 0 Å². The molecule has 0 aliphatic rings. The van der Waals surface area contributed by atoms with Gasteiger partial charge in [-0.25, -0.2) is 5.43 Å². The Morgan fingerprint density at radius 2 is 2.00 bits per heavy atom. The van der Waals surface area contributed by atoms with Crippen LogP contribution in [0.1, 0.15) is 49.5 Å². The van der Waals surface area contributed by atoms with Crippen molar-refractivity contribution in [2.24, 2.45) is 11.8 Å². The molecule has 2 aromatic rings. The lowest BCUT2D eigenvalue weighted by Crippen LogP contribution is -2.28.